The zero-order valence-electron chi connectivity index (χ0n) is 11.0. The van der Waals surface area contributed by atoms with Crippen LogP contribution < -0.4 is 5.73 Å². The van der Waals surface area contributed by atoms with Crippen LogP contribution in [0.4, 0.5) is 0 Å². The minimum Gasteiger partial charge on any atom is -0.508 e. The number of piperidine rings is 1. The normalized spacial score (nSPS) is 29.5. The van der Waals surface area contributed by atoms with Crippen LogP contribution in [-0.4, -0.2) is 34.0 Å². The molecule has 4 nitrogen and oxygen atoms in total. The molecule has 2 aliphatic rings. The molecule has 0 saturated carbocycles. The number of nitrogens with zero attached hydrogens (tertiary/aromatic N) is 1. The van der Waals surface area contributed by atoms with Crippen LogP contribution in [0.2, 0.25) is 0 Å². The molecule has 2 aliphatic heterocycles. The van der Waals surface area contributed by atoms with Gasteiger partial charge in [-0.05, 0) is 31.7 Å². The molecule has 0 spiro atoms. The second-order valence-electron chi connectivity index (χ2n) is 5.72. The number of amides is 1. The van der Waals surface area contributed by atoms with E-state index in [0.717, 1.165) is 25.7 Å². The molecule has 0 radical (unpaired) electrons. The molecule has 2 bridgehead atoms. The van der Waals surface area contributed by atoms with E-state index in [0.29, 0.717) is 17.6 Å². The lowest BCUT2D eigenvalue weighted by Gasteiger charge is -2.37. The summed E-state index contributed by atoms with van der Waals surface area (Å²) in [7, 11) is 0. The number of nitrogens with two attached hydrogens (primary N) is 1. The molecular weight excluding hydrogens is 240 g/mol. The third kappa shape index (κ3) is 2.32. The minimum absolute atomic E-state index is 0.126. The number of phenolic OH excluding ortho intramolecular Hbond substituents is 1. The van der Waals surface area contributed by atoms with Gasteiger partial charge in [-0.1, -0.05) is 18.2 Å². The van der Waals surface area contributed by atoms with Crippen molar-refractivity contribution in [3.05, 3.63) is 29.8 Å². The molecule has 19 heavy (non-hydrogen) atoms. The Bertz CT molecular complexity index is 475. The van der Waals surface area contributed by atoms with E-state index in [1.54, 1.807) is 12.1 Å². The lowest BCUT2D eigenvalue weighted by Crippen LogP contribution is -2.50. The van der Waals surface area contributed by atoms with E-state index in [9.17, 15) is 9.90 Å². The molecular formula is C15H20N2O2. The maximum Gasteiger partial charge on any atom is 0.227 e. The van der Waals surface area contributed by atoms with E-state index in [-0.39, 0.29) is 24.1 Å². The molecule has 2 heterocycles. The Morgan fingerprint density at radius 3 is 2.53 bits per heavy atom. The highest BCUT2D eigenvalue weighted by Gasteiger charge is 2.41. The third-order valence-corrected chi connectivity index (χ3v) is 4.39. The van der Waals surface area contributed by atoms with Gasteiger partial charge >= 0.3 is 0 Å². The molecule has 102 valence electrons. The van der Waals surface area contributed by atoms with Gasteiger partial charge in [-0.2, -0.15) is 0 Å². The topological polar surface area (TPSA) is 66.6 Å². The first kappa shape index (κ1) is 12.5. The lowest BCUT2D eigenvalue weighted by atomic mass is 9.97. The summed E-state index contributed by atoms with van der Waals surface area (Å²) in [5.41, 5.74) is 6.73. The molecule has 1 amide bonds. The number of hydrogen-bond acceptors (Lipinski definition) is 3. The molecule has 1 aromatic rings. The quantitative estimate of drug-likeness (QED) is 0.845. The third-order valence-electron chi connectivity index (χ3n) is 4.39. The van der Waals surface area contributed by atoms with Crippen LogP contribution in [-0.2, 0) is 11.2 Å². The predicted molar refractivity (Wildman–Crippen MR) is 72.7 cm³/mol. The lowest BCUT2D eigenvalue weighted by molar-refractivity contribution is -0.135. The van der Waals surface area contributed by atoms with Gasteiger partial charge in [-0.15, -0.1) is 0 Å². The average Bonchev–Trinajstić information content (AvgIpc) is 2.65. The summed E-state index contributed by atoms with van der Waals surface area (Å²) in [4.78, 5) is 14.5. The maximum atomic E-state index is 12.5. The van der Waals surface area contributed by atoms with Crippen molar-refractivity contribution in [3.8, 4) is 5.75 Å². The van der Waals surface area contributed by atoms with Gasteiger partial charge in [0, 0.05) is 23.7 Å². The molecule has 3 rings (SSSR count). The zero-order chi connectivity index (χ0) is 13.4. The van der Waals surface area contributed by atoms with E-state index in [4.69, 9.17) is 5.73 Å². The summed E-state index contributed by atoms with van der Waals surface area (Å²) in [6.45, 7) is 0. The van der Waals surface area contributed by atoms with E-state index < -0.39 is 0 Å². The van der Waals surface area contributed by atoms with Gasteiger partial charge in [0.05, 0.1) is 6.42 Å². The smallest absolute Gasteiger partial charge is 0.227 e. The van der Waals surface area contributed by atoms with Crippen LogP contribution in [0.25, 0.3) is 0 Å². The first-order valence-electron chi connectivity index (χ1n) is 6.99. The van der Waals surface area contributed by atoms with Gasteiger partial charge < -0.3 is 15.7 Å². The number of benzene rings is 1. The van der Waals surface area contributed by atoms with E-state index in [1.165, 1.54) is 0 Å². The van der Waals surface area contributed by atoms with E-state index >= 15 is 0 Å². The van der Waals surface area contributed by atoms with Gasteiger partial charge in [-0.25, -0.2) is 0 Å². The predicted octanol–water partition coefficient (Wildman–Crippen LogP) is 1.42. The van der Waals surface area contributed by atoms with Crippen LogP contribution in [0.5, 0.6) is 5.75 Å². The minimum atomic E-state index is 0.126. The van der Waals surface area contributed by atoms with Crippen molar-refractivity contribution in [1.29, 1.82) is 0 Å². The Morgan fingerprint density at radius 2 is 1.89 bits per heavy atom. The molecule has 3 N–H and O–H groups in total. The van der Waals surface area contributed by atoms with Crippen LogP contribution in [0.1, 0.15) is 31.2 Å². The van der Waals surface area contributed by atoms with E-state index in [1.807, 2.05) is 17.0 Å². The van der Waals surface area contributed by atoms with Gasteiger partial charge in [0.15, 0.2) is 0 Å². The van der Waals surface area contributed by atoms with Crippen LogP contribution in [0.3, 0.4) is 0 Å². The fourth-order valence-corrected chi connectivity index (χ4v) is 3.54. The average molecular weight is 260 g/mol. The molecule has 2 fully saturated rings. The Hall–Kier alpha value is -1.55. The molecule has 2 atom stereocenters. The monoisotopic (exact) mass is 260 g/mol. The molecule has 2 unspecified atom stereocenters. The number of phenols is 1. The molecule has 1 aromatic carbocycles. The van der Waals surface area contributed by atoms with Crippen molar-refractivity contribution in [2.24, 2.45) is 5.73 Å². The summed E-state index contributed by atoms with van der Waals surface area (Å²) < 4.78 is 0. The maximum absolute atomic E-state index is 12.5. The van der Waals surface area contributed by atoms with Crippen molar-refractivity contribution < 1.29 is 9.90 Å². The van der Waals surface area contributed by atoms with E-state index in [2.05, 4.69) is 0 Å². The summed E-state index contributed by atoms with van der Waals surface area (Å²) in [5.74, 6) is 0.331. The molecule has 0 aromatic heterocycles. The number of fused-ring (bicyclic) bond motifs is 2. The number of hydrogen-bond donors (Lipinski definition) is 2. The summed E-state index contributed by atoms with van der Waals surface area (Å²) in [6.07, 6.45) is 4.27. The number of carbonyl (C=O) groups excluding carboxylic acids is 1. The Labute approximate surface area is 113 Å². The largest absolute Gasteiger partial charge is 0.508 e. The first-order valence-corrected chi connectivity index (χ1v) is 6.99. The van der Waals surface area contributed by atoms with Gasteiger partial charge in [0.25, 0.3) is 0 Å². The van der Waals surface area contributed by atoms with Crippen LogP contribution >= 0.6 is 0 Å². The van der Waals surface area contributed by atoms with Gasteiger partial charge in [0.1, 0.15) is 5.75 Å². The molecule has 2 saturated heterocycles. The standard InChI is InChI=1S/C15H20N2O2/c16-11-8-12-5-6-13(9-11)17(12)15(19)7-10-3-1-2-4-14(10)18/h1-4,11-13,18H,5-9,16H2. The van der Waals surface area contributed by atoms with Crippen LogP contribution in [0.15, 0.2) is 24.3 Å². The van der Waals surface area contributed by atoms with Crippen molar-refractivity contribution in [2.75, 3.05) is 0 Å². The number of rotatable bonds is 2. The second-order valence-corrected chi connectivity index (χ2v) is 5.72. The van der Waals surface area contributed by atoms with Crippen molar-refractivity contribution in [3.63, 3.8) is 0 Å². The summed E-state index contributed by atoms with van der Waals surface area (Å²) in [5, 5.41) is 9.76. The fraction of sp³-hybridized carbons (Fsp3) is 0.533. The zero-order valence-corrected chi connectivity index (χ0v) is 11.0. The van der Waals surface area contributed by atoms with Crippen molar-refractivity contribution in [2.45, 2.75) is 50.2 Å². The summed E-state index contributed by atoms with van der Waals surface area (Å²) in [6, 6.07) is 7.93. The Morgan fingerprint density at radius 1 is 1.26 bits per heavy atom. The second kappa shape index (κ2) is 4.85. The number of carbonyl (C=O) groups is 1. The van der Waals surface area contributed by atoms with Crippen molar-refractivity contribution >= 4 is 5.91 Å². The van der Waals surface area contributed by atoms with Gasteiger partial charge in [0.2, 0.25) is 5.91 Å². The molecule has 0 aliphatic carbocycles. The molecule has 4 heteroatoms. The van der Waals surface area contributed by atoms with Crippen molar-refractivity contribution in [1.82, 2.24) is 4.90 Å². The number of aromatic hydroxyl groups is 1. The van der Waals surface area contributed by atoms with Gasteiger partial charge in [-0.3, -0.25) is 4.79 Å². The highest BCUT2D eigenvalue weighted by atomic mass is 16.3. The first-order chi connectivity index (χ1) is 9.15. The number of para-hydroxylation sites is 1. The SMILES string of the molecule is NC1CC2CCC(C1)N2C(=O)Cc1ccccc1O. The Kier molecular flexibility index (Phi) is 3.19. The highest BCUT2D eigenvalue weighted by Crippen LogP contribution is 2.35. The summed E-state index contributed by atoms with van der Waals surface area (Å²) >= 11 is 0. The Balaban J connectivity index is 1.73. The van der Waals surface area contributed by atoms with Crippen LogP contribution in [0, 0.1) is 0 Å². The fourth-order valence-electron chi connectivity index (χ4n) is 3.54. The highest BCUT2D eigenvalue weighted by molar-refractivity contribution is 5.80.